The van der Waals surface area contributed by atoms with Crippen LogP contribution in [0.25, 0.3) is 0 Å². The second kappa shape index (κ2) is 12.6. The summed E-state index contributed by atoms with van der Waals surface area (Å²) in [7, 11) is 1.28. The second-order valence-corrected chi connectivity index (χ2v) is 10.2. The Labute approximate surface area is 244 Å². The summed E-state index contributed by atoms with van der Waals surface area (Å²) in [5.74, 6) is -1.70. The number of ether oxygens (including phenoxy) is 2. The lowest BCUT2D eigenvalue weighted by Gasteiger charge is -2.49. The number of rotatable bonds is 10. The Balaban J connectivity index is 1.42. The molecular weight excluding hydrogens is 564 g/mol. The third kappa shape index (κ3) is 5.86. The molecule has 1 fully saturated rings. The molecule has 42 heavy (non-hydrogen) atoms. The van der Waals surface area contributed by atoms with E-state index in [-0.39, 0.29) is 29.5 Å². The third-order valence-electron chi connectivity index (χ3n) is 6.50. The van der Waals surface area contributed by atoms with Gasteiger partial charge in [0.2, 0.25) is 5.71 Å². The minimum atomic E-state index is -1.03. The van der Waals surface area contributed by atoms with Crippen LogP contribution in [0.5, 0.6) is 0 Å². The average molecular weight is 591 g/mol. The Kier molecular flexibility index (Phi) is 8.58. The topological polar surface area (TPSA) is 163 Å². The number of fused-ring (bicyclic) bond motifs is 1. The van der Waals surface area contributed by atoms with Crippen LogP contribution >= 0.6 is 11.8 Å². The molecule has 1 saturated heterocycles. The summed E-state index contributed by atoms with van der Waals surface area (Å²) < 4.78 is 16.3. The number of nitrogens with two attached hydrogens (primary N) is 1. The largest absolute Gasteiger partial charge is 0.462 e. The monoisotopic (exact) mass is 590 g/mol. The number of benzene rings is 2. The quantitative estimate of drug-likeness (QED) is 0.156. The van der Waals surface area contributed by atoms with Crippen LogP contribution in [0, 0.1) is 0 Å². The van der Waals surface area contributed by atoms with Crippen LogP contribution in [-0.4, -0.2) is 65.4 Å². The van der Waals surface area contributed by atoms with E-state index >= 15 is 0 Å². The first kappa shape index (κ1) is 28.5. The standard InChI is InChI=1S/C29H26N4O8S/c1-38-32-21(20-13-8-14-39-20)25(34)31-22-26(35)33-23(19(15-40-29(30)37)16-42-27(22)33)28(36)41-24(17-9-4-2-5-10-17)18-11-6-3-7-12-18/h2-14,22,24,27H,15-16H2,1H3,(H2,30,37)(H,31,34)/t22-,27+/m1/s1. The fourth-order valence-electron chi connectivity index (χ4n) is 4.60. The van der Waals surface area contributed by atoms with E-state index in [4.69, 9.17) is 24.5 Å². The van der Waals surface area contributed by atoms with Crippen molar-refractivity contribution in [3.8, 4) is 0 Å². The number of carbonyl (C=O) groups is 4. The predicted octanol–water partition coefficient (Wildman–Crippen LogP) is 2.71. The Hall–Kier alpha value is -5.04. The van der Waals surface area contributed by atoms with Gasteiger partial charge in [-0.3, -0.25) is 14.5 Å². The van der Waals surface area contributed by atoms with Crippen molar-refractivity contribution in [1.29, 1.82) is 0 Å². The molecule has 3 amide bonds. The molecule has 5 rings (SSSR count). The molecule has 2 aliphatic rings. The normalized spacial score (nSPS) is 18.2. The summed E-state index contributed by atoms with van der Waals surface area (Å²) in [6.45, 7) is -0.315. The summed E-state index contributed by atoms with van der Waals surface area (Å²) in [5.41, 5.74) is 6.73. The first-order chi connectivity index (χ1) is 20.4. The van der Waals surface area contributed by atoms with Gasteiger partial charge in [-0.2, -0.15) is 0 Å². The lowest BCUT2D eigenvalue weighted by molar-refractivity contribution is -0.154. The second-order valence-electron chi connectivity index (χ2n) is 9.13. The average Bonchev–Trinajstić information content (AvgIpc) is 3.55. The van der Waals surface area contributed by atoms with E-state index in [1.54, 1.807) is 6.07 Å². The summed E-state index contributed by atoms with van der Waals surface area (Å²) in [5, 5.41) is 5.74. The molecule has 2 aliphatic heterocycles. The highest BCUT2D eigenvalue weighted by Gasteiger charge is 2.55. The summed E-state index contributed by atoms with van der Waals surface area (Å²) in [4.78, 5) is 57.7. The van der Waals surface area contributed by atoms with Crippen LogP contribution in [0.4, 0.5) is 4.79 Å². The summed E-state index contributed by atoms with van der Waals surface area (Å²) in [6, 6.07) is 20.4. The molecule has 0 radical (unpaired) electrons. The molecule has 1 aromatic heterocycles. The predicted molar refractivity (Wildman–Crippen MR) is 151 cm³/mol. The van der Waals surface area contributed by atoms with Gasteiger partial charge in [0.1, 0.15) is 30.8 Å². The van der Waals surface area contributed by atoms with Gasteiger partial charge in [0.05, 0.1) is 6.26 Å². The molecular formula is C29H26N4O8S. The van der Waals surface area contributed by atoms with E-state index in [9.17, 15) is 19.2 Å². The Morgan fingerprint density at radius 3 is 2.31 bits per heavy atom. The van der Waals surface area contributed by atoms with Crippen LogP contribution in [0.1, 0.15) is 23.0 Å². The molecule has 12 nitrogen and oxygen atoms in total. The SMILES string of the molecule is CON=C(C(=O)N[C@@H]1C(=O)N2C(C(=O)OC(c3ccccc3)c3ccccc3)=C(COC(N)=O)CS[C@@H]12)c1ccco1. The molecule has 13 heteroatoms. The molecule has 0 unspecified atom stereocenters. The zero-order valence-corrected chi connectivity index (χ0v) is 23.1. The zero-order valence-electron chi connectivity index (χ0n) is 22.3. The molecule has 3 aromatic rings. The number of nitrogens with zero attached hydrogens (tertiary/aromatic N) is 2. The lowest BCUT2D eigenvalue weighted by Crippen LogP contribution is -2.71. The smallest absolute Gasteiger partial charge is 0.404 e. The van der Waals surface area contributed by atoms with Crippen molar-refractivity contribution in [2.75, 3.05) is 19.5 Å². The van der Waals surface area contributed by atoms with E-state index in [1.165, 1.54) is 36.1 Å². The maximum absolute atomic E-state index is 13.8. The number of oxime groups is 1. The summed E-state index contributed by atoms with van der Waals surface area (Å²) in [6.07, 6.45) is -0.444. The molecule has 2 aromatic carbocycles. The van der Waals surface area contributed by atoms with Gasteiger partial charge in [-0.15, -0.1) is 11.8 Å². The van der Waals surface area contributed by atoms with Crippen LogP contribution in [0.3, 0.4) is 0 Å². The molecule has 3 heterocycles. The molecule has 0 saturated carbocycles. The van der Waals surface area contributed by atoms with Crippen molar-refractivity contribution in [1.82, 2.24) is 10.2 Å². The molecule has 216 valence electrons. The Bertz CT molecular complexity index is 1490. The van der Waals surface area contributed by atoms with Crippen LogP contribution in [0.15, 0.2) is 99.9 Å². The van der Waals surface area contributed by atoms with Crippen LogP contribution in [-0.2, 0) is 28.7 Å². The highest BCUT2D eigenvalue weighted by Crippen LogP contribution is 2.41. The van der Waals surface area contributed by atoms with Gasteiger partial charge in [-0.05, 0) is 23.3 Å². The first-order valence-corrected chi connectivity index (χ1v) is 13.8. The minimum absolute atomic E-state index is 0.0656. The van der Waals surface area contributed by atoms with E-state index in [0.29, 0.717) is 5.57 Å². The van der Waals surface area contributed by atoms with Gasteiger partial charge in [0.15, 0.2) is 11.9 Å². The van der Waals surface area contributed by atoms with Crippen molar-refractivity contribution in [2.24, 2.45) is 10.9 Å². The van der Waals surface area contributed by atoms with E-state index in [2.05, 4.69) is 10.5 Å². The number of thioether (sulfide) groups is 1. The van der Waals surface area contributed by atoms with Gasteiger partial charge in [0, 0.05) is 11.3 Å². The van der Waals surface area contributed by atoms with Crippen molar-refractivity contribution in [3.63, 3.8) is 0 Å². The van der Waals surface area contributed by atoms with E-state index in [0.717, 1.165) is 11.1 Å². The van der Waals surface area contributed by atoms with Gasteiger partial charge >= 0.3 is 12.1 Å². The maximum Gasteiger partial charge on any atom is 0.404 e. The number of primary amides is 1. The number of amides is 3. The molecule has 0 spiro atoms. The van der Waals surface area contributed by atoms with Crippen LogP contribution in [0.2, 0.25) is 0 Å². The van der Waals surface area contributed by atoms with Crippen molar-refractivity contribution >= 4 is 41.4 Å². The number of carbonyl (C=O) groups excluding carboxylic acids is 4. The highest BCUT2D eigenvalue weighted by atomic mass is 32.2. The fourth-order valence-corrected chi connectivity index (χ4v) is 5.93. The minimum Gasteiger partial charge on any atom is -0.462 e. The van der Waals surface area contributed by atoms with Gasteiger partial charge in [-0.1, -0.05) is 65.8 Å². The van der Waals surface area contributed by atoms with Gasteiger partial charge in [-0.25, -0.2) is 9.59 Å². The molecule has 3 N–H and O–H groups in total. The summed E-state index contributed by atoms with van der Waals surface area (Å²) >= 11 is 1.28. The zero-order chi connectivity index (χ0) is 29.6. The number of esters is 1. The highest BCUT2D eigenvalue weighted by molar-refractivity contribution is 8.00. The number of nitrogens with one attached hydrogen (secondary N) is 1. The van der Waals surface area contributed by atoms with E-state index < -0.39 is 41.4 Å². The van der Waals surface area contributed by atoms with Gasteiger partial charge in [0.25, 0.3) is 11.8 Å². The molecule has 2 atom stereocenters. The Morgan fingerprint density at radius 1 is 1.07 bits per heavy atom. The van der Waals surface area contributed by atoms with Crippen molar-refractivity contribution in [3.05, 3.63) is 107 Å². The van der Waals surface area contributed by atoms with Gasteiger partial charge < -0.3 is 29.8 Å². The Morgan fingerprint density at radius 2 is 1.74 bits per heavy atom. The van der Waals surface area contributed by atoms with Crippen molar-refractivity contribution < 1.29 is 37.9 Å². The number of furan rings is 1. The number of hydrogen-bond donors (Lipinski definition) is 2. The van der Waals surface area contributed by atoms with E-state index in [1.807, 2.05) is 60.7 Å². The number of β-lactam (4-membered cyclic amide) rings is 1. The van der Waals surface area contributed by atoms with Crippen LogP contribution < -0.4 is 11.1 Å². The molecule has 0 bridgehead atoms. The third-order valence-corrected chi connectivity index (χ3v) is 7.84. The fraction of sp³-hybridized carbons (Fsp3) is 0.207. The first-order valence-electron chi connectivity index (χ1n) is 12.7. The maximum atomic E-state index is 13.8. The number of hydrogen-bond acceptors (Lipinski definition) is 10. The van der Waals surface area contributed by atoms with Crippen molar-refractivity contribution in [2.45, 2.75) is 17.5 Å². The lowest BCUT2D eigenvalue weighted by atomic mass is 10.0. The molecule has 0 aliphatic carbocycles.